The molecule has 0 N–H and O–H groups in total. The lowest BCUT2D eigenvalue weighted by Gasteiger charge is -2.08. The zero-order valence-corrected chi connectivity index (χ0v) is 14.0. The highest BCUT2D eigenvalue weighted by Gasteiger charge is 2.16. The maximum atomic E-state index is 6.24. The summed E-state index contributed by atoms with van der Waals surface area (Å²) in [4.78, 5) is 9.09. The van der Waals surface area contributed by atoms with Crippen molar-refractivity contribution < 1.29 is 4.74 Å². The van der Waals surface area contributed by atoms with Crippen LogP contribution in [-0.2, 0) is 12.8 Å². The smallest absolute Gasteiger partial charge is 0.161 e. The molecule has 20 heavy (non-hydrogen) atoms. The number of hydrogen-bond donors (Lipinski definition) is 0. The summed E-state index contributed by atoms with van der Waals surface area (Å²) in [6.45, 7) is 2.90. The van der Waals surface area contributed by atoms with Gasteiger partial charge in [0.25, 0.3) is 0 Å². The molecule has 0 amide bonds. The molecule has 0 fully saturated rings. The summed E-state index contributed by atoms with van der Waals surface area (Å²) in [5.74, 6) is 1.67. The molecule has 1 aliphatic heterocycles. The SMILES string of the molecule is CCCc1nc(-c2ccc3c(c2)CCO3)nc(Cl)c1I. The summed E-state index contributed by atoms with van der Waals surface area (Å²) >= 11 is 8.46. The Morgan fingerprint density at radius 3 is 3.00 bits per heavy atom. The van der Waals surface area contributed by atoms with Gasteiger partial charge in [-0.3, -0.25) is 0 Å². The molecule has 1 aromatic heterocycles. The third-order valence-corrected chi connectivity index (χ3v) is 5.04. The predicted molar refractivity (Wildman–Crippen MR) is 88.4 cm³/mol. The van der Waals surface area contributed by atoms with E-state index in [2.05, 4.69) is 45.5 Å². The fraction of sp³-hybridized carbons (Fsp3) is 0.333. The van der Waals surface area contributed by atoms with E-state index in [1.807, 2.05) is 12.1 Å². The number of nitrogens with zero attached hydrogens (tertiary/aromatic N) is 2. The molecule has 1 aromatic carbocycles. The van der Waals surface area contributed by atoms with E-state index >= 15 is 0 Å². The standard InChI is InChI=1S/C15H14ClIN2O/c1-2-3-11-13(17)14(16)19-15(18-11)10-4-5-12-9(8-10)6-7-20-12/h4-5,8H,2-3,6-7H2,1H3. The van der Waals surface area contributed by atoms with Crippen LogP contribution in [0.15, 0.2) is 18.2 Å². The van der Waals surface area contributed by atoms with Gasteiger partial charge in [-0.05, 0) is 52.8 Å². The van der Waals surface area contributed by atoms with Gasteiger partial charge in [-0.25, -0.2) is 9.97 Å². The Hall–Kier alpha value is -0.880. The van der Waals surface area contributed by atoms with Gasteiger partial charge >= 0.3 is 0 Å². The van der Waals surface area contributed by atoms with Crippen molar-refractivity contribution in [2.75, 3.05) is 6.61 Å². The second-order valence-electron chi connectivity index (χ2n) is 4.77. The van der Waals surface area contributed by atoms with Crippen LogP contribution >= 0.6 is 34.2 Å². The Labute approximate surface area is 136 Å². The minimum atomic E-state index is 0.538. The lowest BCUT2D eigenvalue weighted by molar-refractivity contribution is 0.357. The summed E-state index contributed by atoms with van der Waals surface area (Å²) in [6.07, 6.45) is 2.91. The van der Waals surface area contributed by atoms with Crippen molar-refractivity contribution in [2.45, 2.75) is 26.2 Å². The van der Waals surface area contributed by atoms with Gasteiger partial charge in [0.2, 0.25) is 0 Å². The fourth-order valence-electron chi connectivity index (χ4n) is 2.32. The summed E-state index contributed by atoms with van der Waals surface area (Å²) in [7, 11) is 0. The van der Waals surface area contributed by atoms with Crippen molar-refractivity contribution in [3.05, 3.63) is 38.2 Å². The first-order valence-corrected chi connectivity index (χ1v) is 8.12. The molecular weight excluding hydrogens is 387 g/mol. The average Bonchev–Trinajstić information content (AvgIpc) is 2.91. The second kappa shape index (κ2) is 5.85. The zero-order chi connectivity index (χ0) is 14.1. The van der Waals surface area contributed by atoms with Crippen molar-refractivity contribution in [3.63, 3.8) is 0 Å². The van der Waals surface area contributed by atoms with Gasteiger partial charge in [0.15, 0.2) is 5.82 Å². The molecule has 0 unspecified atom stereocenters. The summed E-state index contributed by atoms with van der Waals surface area (Å²) in [5.41, 5.74) is 3.25. The zero-order valence-electron chi connectivity index (χ0n) is 11.1. The highest BCUT2D eigenvalue weighted by atomic mass is 127. The molecule has 0 spiro atoms. The molecule has 5 heteroatoms. The van der Waals surface area contributed by atoms with Crippen LogP contribution in [0.2, 0.25) is 5.15 Å². The van der Waals surface area contributed by atoms with E-state index in [1.165, 1.54) is 5.56 Å². The van der Waals surface area contributed by atoms with Crippen molar-refractivity contribution >= 4 is 34.2 Å². The van der Waals surface area contributed by atoms with Crippen LogP contribution in [0.3, 0.4) is 0 Å². The van der Waals surface area contributed by atoms with Gasteiger partial charge in [0.05, 0.1) is 15.9 Å². The van der Waals surface area contributed by atoms with E-state index in [0.29, 0.717) is 11.0 Å². The Morgan fingerprint density at radius 2 is 2.20 bits per heavy atom. The number of halogens is 2. The first kappa shape index (κ1) is 14.1. The summed E-state index contributed by atoms with van der Waals surface area (Å²) in [5, 5.41) is 0.538. The largest absolute Gasteiger partial charge is 0.493 e. The van der Waals surface area contributed by atoms with Crippen molar-refractivity contribution in [3.8, 4) is 17.1 Å². The number of aromatic nitrogens is 2. The molecule has 3 rings (SSSR count). The maximum Gasteiger partial charge on any atom is 0.161 e. The third kappa shape index (κ3) is 2.63. The monoisotopic (exact) mass is 400 g/mol. The van der Waals surface area contributed by atoms with Gasteiger partial charge in [-0.1, -0.05) is 24.9 Å². The Bertz CT molecular complexity index is 661. The van der Waals surface area contributed by atoms with E-state index in [-0.39, 0.29) is 0 Å². The first-order chi connectivity index (χ1) is 9.69. The quantitative estimate of drug-likeness (QED) is 0.569. The predicted octanol–water partition coefficient (Wildman–Crippen LogP) is 4.29. The molecule has 2 aromatic rings. The molecule has 0 radical (unpaired) electrons. The molecule has 0 saturated carbocycles. The lowest BCUT2D eigenvalue weighted by Crippen LogP contribution is -2.00. The van der Waals surface area contributed by atoms with Crippen molar-refractivity contribution in [1.29, 1.82) is 0 Å². The number of rotatable bonds is 3. The van der Waals surface area contributed by atoms with Gasteiger partial charge < -0.3 is 4.74 Å². The summed E-state index contributed by atoms with van der Waals surface area (Å²) < 4.78 is 6.48. The average molecular weight is 401 g/mol. The first-order valence-electron chi connectivity index (χ1n) is 6.67. The van der Waals surface area contributed by atoms with E-state index in [0.717, 1.165) is 46.4 Å². The Morgan fingerprint density at radius 1 is 1.35 bits per heavy atom. The number of benzene rings is 1. The minimum Gasteiger partial charge on any atom is -0.493 e. The van der Waals surface area contributed by atoms with Gasteiger partial charge in [-0.15, -0.1) is 0 Å². The summed E-state index contributed by atoms with van der Waals surface area (Å²) in [6, 6.07) is 6.10. The van der Waals surface area contributed by atoms with Crippen LogP contribution < -0.4 is 4.74 Å². The van der Waals surface area contributed by atoms with Crippen LogP contribution in [0.5, 0.6) is 5.75 Å². The van der Waals surface area contributed by atoms with E-state index < -0.39 is 0 Å². The number of ether oxygens (including phenoxy) is 1. The molecule has 0 saturated heterocycles. The molecule has 3 nitrogen and oxygen atoms in total. The second-order valence-corrected chi connectivity index (χ2v) is 6.21. The van der Waals surface area contributed by atoms with Crippen LogP contribution in [-0.4, -0.2) is 16.6 Å². The van der Waals surface area contributed by atoms with Gasteiger partial charge in [-0.2, -0.15) is 0 Å². The van der Waals surface area contributed by atoms with Crippen LogP contribution in [0, 0.1) is 3.57 Å². The van der Waals surface area contributed by atoms with E-state index in [1.54, 1.807) is 0 Å². The highest BCUT2D eigenvalue weighted by Crippen LogP contribution is 2.30. The van der Waals surface area contributed by atoms with Gasteiger partial charge in [0, 0.05) is 12.0 Å². The minimum absolute atomic E-state index is 0.538. The number of hydrogen-bond acceptors (Lipinski definition) is 3. The Kier molecular flexibility index (Phi) is 4.12. The van der Waals surface area contributed by atoms with Gasteiger partial charge in [0.1, 0.15) is 10.9 Å². The number of aryl methyl sites for hydroxylation is 1. The molecular formula is C15H14ClIN2O. The Balaban J connectivity index is 2.05. The molecule has 1 aliphatic rings. The van der Waals surface area contributed by atoms with Crippen LogP contribution in [0.4, 0.5) is 0 Å². The number of fused-ring (bicyclic) bond motifs is 1. The van der Waals surface area contributed by atoms with Crippen molar-refractivity contribution in [1.82, 2.24) is 9.97 Å². The van der Waals surface area contributed by atoms with Crippen LogP contribution in [0.1, 0.15) is 24.6 Å². The molecule has 0 bridgehead atoms. The highest BCUT2D eigenvalue weighted by molar-refractivity contribution is 14.1. The normalized spacial score (nSPS) is 13.2. The third-order valence-electron chi connectivity index (χ3n) is 3.31. The fourth-order valence-corrected chi connectivity index (χ4v) is 3.02. The maximum absolute atomic E-state index is 6.24. The lowest BCUT2D eigenvalue weighted by atomic mass is 10.1. The van der Waals surface area contributed by atoms with E-state index in [9.17, 15) is 0 Å². The van der Waals surface area contributed by atoms with E-state index in [4.69, 9.17) is 16.3 Å². The molecule has 2 heterocycles. The topological polar surface area (TPSA) is 35.0 Å². The van der Waals surface area contributed by atoms with Crippen LogP contribution in [0.25, 0.3) is 11.4 Å². The molecule has 0 aliphatic carbocycles. The molecule has 0 atom stereocenters. The molecule has 104 valence electrons. The van der Waals surface area contributed by atoms with Crippen molar-refractivity contribution in [2.24, 2.45) is 0 Å².